The summed E-state index contributed by atoms with van der Waals surface area (Å²) in [7, 11) is 0. The first-order chi connectivity index (χ1) is 11.1. The second-order valence-corrected chi connectivity index (χ2v) is 9.26. The summed E-state index contributed by atoms with van der Waals surface area (Å²) in [6.07, 6.45) is 0. The van der Waals surface area contributed by atoms with Gasteiger partial charge >= 0.3 is 0 Å². The van der Waals surface area contributed by atoms with Crippen LogP contribution >= 0.6 is 43.5 Å². The Hall–Kier alpha value is -0.310. The number of alkyl halides is 2. The zero-order valence-corrected chi connectivity index (χ0v) is 19.1. The molecule has 0 bridgehead atoms. The number of halogens is 3. The Balaban J connectivity index is 0.000000243. The molecule has 2 aromatic carbocycles. The molecule has 0 saturated heterocycles. The highest BCUT2D eigenvalue weighted by molar-refractivity contribution is 9.10. The van der Waals surface area contributed by atoms with Crippen molar-refractivity contribution in [2.45, 2.75) is 51.3 Å². The molecular formula is C21H27Br2Cl. The zero-order chi connectivity index (χ0) is 18.4. The summed E-state index contributed by atoms with van der Waals surface area (Å²) in [5, 5.41) is 1.00. The van der Waals surface area contributed by atoms with Gasteiger partial charge in [0.15, 0.2) is 0 Å². The van der Waals surface area contributed by atoms with Crippen molar-refractivity contribution in [2.75, 3.05) is 5.33 Å². The van der Waals surface area contributed by atoms with Crippen molar-refractivity contribution in [1.29, 1.82) is 0 Å². The van der Waals surface area contributed by atoms with Gasteiger partial charge in [-0.3, -0.25) is 0 Å². The molecule has 0 nitrogen and oxygen atoms in total. The first-order valence-corrected chi connectivity index (χ1v) is 10.5. The fourth-order valence-corrected chi connectivity index (χ4v) is 3.73. The maximum atomic E-state index is 5.74. The van der Waals surface area contributed by atoms with Gasteiger partial charge in [0.05, 0.1) is 0 Å². The quantitative estimate of drug-likeness (QED) is 0.397. The van der Waals surface area contributed by atoms with Crippen LogP contribution in [0, 0.1) is 0 Å². The van der Waals surface area contributed by atoms with Crippen LogP contribution in [0.2, 0.25) is 0 Å². The average Bonchev–Trinajstić information content (AvgIpc) is 2.55. The van der Waals surface area contributed by atoms with Crippen LogP contribution in [0.5, 0.6) is 0 Å². The van der Waals surface area contributed by atoms with Crippen molar-refractivity contribution < 1.29 is 0 Å². The van der Waals surface area contributed by atoms with Crippen LogP contribution < -0.4 is 0 Å². The van der Waals surface area contributed by atoms with Crippen LogP contribution in [0.15, 0.2) is 53.0 Å². The molecular weight excluding hydrogens is 447 g/mol. The molecule has 2 rings (SSSR count). The Bertz CT molecular complexity index is 628. The second kappa shape index (κ2) is 9.40. The lowest BCUT2D eigenvalue weighted by atomic mass is 9.87. The maximum Gasteiger partial charge on any atom is 0.0474 e. The van der Waals surface area contributed by atoms with Gasteiger partial charge in [0.2, 0.25) is 0 Å². The SMILES string of the molecule is CC(C)(C)c1ccc(CCl)cc1Br.CC(C)(CBr)c1ccccc1. The zero-order valence-electron chi connectivity index (χ0n) is 15.2. The predicted molar refractivity (Wildman–Crippen MR) is 116 cm³/mol. The molecule has 0 aliphatic heterocycles. The third kappa shape index (κ3) is 6.54. The second-order valence-electron chi connectivity index (χ2n) is 7.58. The maximum absolute atomic E-state index is 5.74. The minimum Gasteiger partial charge on any atom is -0.122 e. The lowest BCUT2D eigenvalue weighted by Gasteiger charge is -2.21. The molecule has 0 radical (unpaired) electrons. The molecule has 0 N–H and O–H groups in total. The van der Waals surface area contributed by atoms with Crippen molar-refractivity contribution in [1.82, 2.24) is 0 Å². The first kappa shape index (κ1) is 21.7. The van der Waals surface area contributed by atoms with E-state index in [1.807, 2.05) is 6.07 Å². The van der Waals surface area contributed by atoms with Crippen LogP contribution in [0.3, 0.4) is 0 Å². The number of hydrogen-bond acceptors (Lipinski definition) is 0. The monoisotopic (exact) mass is 472 g/mol. The summed E-state index contributed by atoms with van der Waals surface area (Å²) in [5.74, 6) is 0.572. The molecule has 2 aromatic rings. The van der Waals surface area contributed by atoms with Crippen molar-refractivity contribution in [3.8, 4) is 0 Å². The van der Waals surface area contributed by atoms with Gasteiger partial charge in [0.1, 0.15) is 0 Å². The summed E-state index contributed by atoms with van der Waals surface area (Å²) >= 11 is 12.8. The van der Waals surface area contributed by atoms with Gasteiger partial charge in [0.25, 0.3) is 0 Å². The standard InChI is InChI=1S/C11H14BrCl.C10H13Br/c1-11(2,3)9-5-4-8(7-13)6-10(9)12;1-10(2,8-11)9-6-4-3-5-7-9/h4-6H,7H2,1-3H3;3-7H,8H2,1-2H3. The van der Waals surface area contributed by atoms with Crippen LogP contribution in [0.25, 0.3) is 0 Å². The van der Waals surface area contributed by atoms with Gasteiger partial charge < -0.3 is 0 Å². The highest BCUT2D eigenvalue weighted by Crippen LogP contribution is 2.30. The van der Waals surface area contributed by atoms with Crippen LogP contribution in [0.4, 0.5) is 0 Å². The fraction of sp³-hybridized carbons (Fsp3) is 0.429. The number of rotatable bonds is 3. The van der Waals surface area contributed by atoms with Crippen molar-refractivity contribution in [3.63, 3.8) is 0 Å². The van der Waals surface area contributed by atoms with E-state index >= 15 is 0 Å². The molecule has 0 atom stereocenters. The fourth-order valence-electron chi connectivity index (χ4n) is 2.22. The van der Waals surface area contributed by atoms with Gasteiger partial charge in [-0.2, -0.15) is 0 Å². The Kier molecular flexibility index (Phi) is 8.52. The third-order valence-corrected chi connectivity index (χ3v) is 6.25. The smallest absolute Gasteiger partial charge is 0.0474 e. The predicted octanol–water partition coefficient (Wildman–Crippen LogP) is 7.84. The molecule has 0 fully saturated rings. The Morgan fingerprint density at radius 3 is 1.92 bits per heavy atom. The summed E-state index contributed by atoms with van der Waals surface area (Å²) in [5.41, 5.74) is 4.30. The van der Waals surface area contributed by atoms with Gasteiger partial charge in [-0.15, -0.1) is 11.6 Å². The third-order valence-electron chi connectivity index (χ3n) is 3.89. The number of hydrogen-bond donors (Lipinski definition) is 0. The molecule has 0 unspecified atom stereocenters. The van der Waals surface area contributed by atoms with Gasteiger partial charge in [-0.05, 0) is 33.6 Å². The topological polar surface area (TPSA) is 0 Å². The lowest BCUT2D eigenvalue weighted by Crippen LogP contribution is -2.18. The normalized spacial score (nSPS) is 11.7. The largest absolute Gasteiger partial charge is 0.122 e. The van der Waals surface area contributed by atoms with Crippen LogP contribution in [-0.4, -0.2) is 5.33 Å². The molecule has 0 aliphatic rings. The minimum absolute atomic E-state index is 0.184. The molecule has 0 amide bonds. The molecule has 24 heavy (non-hydrogen) atoms. The lowest BCUT2D eigenvalue weighted by molar-refractivity contribution is 0.587. The van der Waals surface area contributed by atoms with Crippen LogP contribution in [-0.2, 0) is 16.7 Å². The highest BCUT2D eigenvalue weighted by atomic mass is 79.9. The molecule has 3 heteroatoms. The van der Waals surface area contributed by atoms with Gasteiger partial charge in [-0.1, -0.05) is 109 Å². The van der Waals surface area contributed by atoms with Crippen molar-refractivity contribution in [2.24, 2.45) is 0 Å². The van der Waals surface area contributed by atoms with E-state index in [9.17, 15) is 0 Å². The van der Waals surface area contributed by atoms with E-state index in [2.05, 4.69) is 109 Å². The minimum atomic E-state index is 0.184. The average molecular weight is 475 g/mol. The van der Waals surface area contributed by atoms with E-state index in [0.717, 1.165) is 15.4 Å². The Morgan fingerprint density at radius 2 is 1.50 bits per heavy atom. The Labute approximate surface area is 169 Å². The van der Waals surface area contributed by atoms with E-state index in [0.29, 0.717) is 5.88 Å². The highest BCUT2D eigenvalue weighted by Gasteiger charge is 2.17. The Morgan fingerprint density at radius 1 is 0.917 bits per heavy atom. The summed E-state index contributed by atoms with van der Waals surface area (Å²) < 4.78 is 1.15. The molecule has 0 heterocycles. The van der Waals surface area contributed by atoms with E-state index in [-0.39, 0.29) is 10.8 Å². The summed E-state index contributed by atoms with van der Waals surface area (Å²) in [6.45, 7) is 11.1. The molecule has 0 saturated carbocycles. The van der Waals surface area contributed by atoms with Crippen molar-refractivity contribution in [3.05, 3.63) is 69.7 Å². The van der Waals surface area contributed by atoms with Crippen molar-refractivity contribution >= 4 is 43.5 Å². The number of benzene rings is 2. The van der Waals surface area contributed by atoms with Gasteiger partial charge in [-0.25, -0.2) is 0 Å². The molecule has 132 valence electrons. The van der Waals surface area contributed by atoms with E-state index < -0.39 is 0 Å². The van der Waals surface area contributed by atoms with Crippen LogP contribution in [0.1, 0.15) is 51.3 Å². The molecule has 0 aromatic heterocycles. The summed E-state index contributed by atoms with van der Waals surface area (Å²) in [6, 6.07) is 16.9. The molecule has 0 aliphatic carbocycles. The molecule has 0 spiro atoms. The summed E-state index contributed by atoms with van der Waals surface area (Å²) in [4.78, 5) is 0. The first-order valence-electron chi connectivity index (χ1n) is 8.08. The van der Waals surface area contributed by atoms with Gasteiger partial charge in [0, 0.05) is 15.7 Å². The van der Waals surface area contributed by atoms with E-state index in [1.54, 1.807) is 0 Å². The van der Waals surface area contributed by atoms with E-state index in [4.69, 9.17) is 11.6 Å². The van der Waals surface area contributed by atoms with E-state index in [1.165, 1.54) is 11.1 Å².